The van der Waals surface area contributed by atoms with Crippen molar-refractivity contribution >= 4 is 29.1 Å². The van der Waals surface area contributed by atoms with E-state index in [1.807, 2.05) is 6.07 Å². The van der Waals surface area contributed by atoms with Gasteiger partial charge in [-0.2, -0.15) is 13.2 Å². The Labute approximate surface area is 198 Å². The third-order valence-corrected chi connectivity index (χ3v) is 5.94. The third-order valence-electron chi connectivity index (χ3n) is 5.63. The van der Waals surface area contributed by atoms with Crippen LogP contribution in [-0.2, 0) is 30.4 Å². The molecule has 0 fully saturated rings. The molecule has 4 nitrogen and oxygen atoms in total. The zero-order chi connectivity index (χ0) is 24.5. The minimum atomic E-state index is -4.81. The van der Waals surface area contributed by atoms with E-state index in [4.69, 9.17) is 11.6 Å². The first-order valence-corrected chi connectivity index (χ1v) is 10.8. The molecule has 3 aromatic carbocycles. The smallest absolute Gasteiger partial charge is 0.334 e. The fourth-order valence-corrected chi connectivity index (χ4v) is 4.19. The number of hydrogen-bond acceptors (Lipinski definition) is 2. The van der Waals surface area contributed by atoms with E-state index in [1.165, 1.54) is 0 Å². The summed E-state index contributed by atoms with van der Waals surface area (Å²) in [5, 5.41) is 3.01. The zero-order valence-electron chi connectivity index (χ0n) is 17.8. The number of carbonyl (C=O) groups excluding carboxylic acids is 2. The Morgan fingerprint density at radius 3 is 2.44 bits per heavy atom. The van der Waals surface area contributed by atoms with Gasteiger partial charge in [0, 0.05) is 18.7 Å². The molecule has 4 rings (SSSR count). The number of hydrogen-bond donors (Lipinski definition) is 1. The number of carbonyl (C=O) groups is 2. The number of benzene rings is 3. The lowest BCUT2D eigenvalue weighted by molar-refractivity contribution is -0.140. The Kier molecular flexibility index (Phi) is 6.61. The molecular weight excluding hydrogens is 472 g/mol. The maximum atomic E-state index is 13.8. The number of alkyl halides is 3. The molecule has 0 unspecified atom stereocenters. The number of nitrogens with zero attached hydrogens (tertiary/aromatic N) is 1. The van der Waals surface area contributed by atoms with Crippen molar-refractivity contribution in [3.05, 3.63) is 99.3 Å². The van der Waals surface area contributed by atoms with Crippen molar-refractivity contribution in [1.82, 2.24) is 4.90 Å². The fourth-order valence-electron chi connectivity index (χ4n) is 3.97. The van der Waals surface area contributed by atoms with E-state index in [1.54, 1.807) is 41.3 Å². The summed E-state index contributed by atoms with van der Waals surface area (Å²) >= 11 is 6.32. The van der Waals surface area contributed by atoms with E-state index < -0.39 is 23.5 Å². The summed E-state index contributed by atoms with van der Waals surface area (Å²) in [5.74, 6) is -2.08. The summed E-state index contributed by atoms with van der Waals surface area (Å²) in [6.07, 6.45) is -4.68. The summed E-state index contributed by atoms with van der Waals surface area (Å²) in [5.41, 5.74) is 1.31. The molecule has 3 aromatic rings. The maximum absolute atomic E-state index is 13.8. The molecule has 0 saturated carbocycles. The first-order valence-electron chi connectivity index (χ1n) is 10.4. The molecule has 0 spiro atoms. The van der Waals surface area contributed by atoms with Gasteiger partial charge in [-0.3, -0.25) is 9.59 Å². The van der Waals surface area contributed by atoms with E-state index in [0.717, 1.165) is 17.2 Å². The van der Waals surface area contributed by atoms with Gasteiger partial charge in [-0.1, -0.05) is 41.9 Å². The van der Waals surface area contributed by atoms with E-state index in [0.29, 0.717) is 47.9 Å². The fraction of sp³-hybridized carbons (Fsp3) is 0.200. The predicted molar refractivity (Wildman–Crippen MR) is 120 cm³/mol. The molecule has 0 saturated heterocycles. The molecule has 34 heavy (non-hydrogen) atoms. The lowest BCUT2D eigenvalue weighted by Gasteiger charge is -2.30. The second-order valence-corrected chi connectivity index (χ2v) is 8.35. The van der Waals surface area contributed by atoms with E-state index in [9.17, 15) is 27.2 Å². The molecule has 1 aliphatic heterocycles. The second kappa shape index (κ2) is 9.46. The summed E-state index contributed by atoms with van der Waals surface area (Å²) in [4.78, 5) is 27.1. The Morgan fingerprint density at radius 1 is 1.03 bits per heavy atom. The van der Waals surface area contributed by atoms with Crippen molar-refractivity contribution in [3.63, 3.8) is 0 Å². The molecule has 9 heteroatoms. The zero-order valence-corrected chi connectivity index (χ0v) is 18.5. The van der Waals surface area contributed by atoms with Crippen LogP contribution in [0.25, 0.3) is 0 Å². The van der Waals surface area contributed by atoms with Gasteiger partial charge in [0.15, 0.2) is 0 Å². The lowest BCUT2D eigenvalue weighted by Crippen LogP contribution is -2.36. The SMILES string of the molecule is O=C(Cc1ccc(C(F)(F)F)c(F)c1)Nc1c(Cl)ccc2c1CCN(C(=O)c1ccccc1)C2. The Morgan fingerprint density at radius 2 is 1.76 bits per heavy atom. The van der Waals surface area contributed by atoms with Gasteiger partial charge < -0.3 is 10.2 Å². The predicted octanol–water partition coefficient (Wildman–Crippen LogP) is 5.88. The van der Waals surface area contributed by atoms with Crippen LogP contribution in [0.5, 0.6) is 0 Å². The van der Waals surface area contributed by atoms with Gasteiger partial charge in [0.2, 0.25) is 5.91 Å². The normalized spacial score (nSPS) is 13.4. The standard InChI is InChI=1S/C25H19ClF4N2O2/c26-20-9-7-17-14-32(24(34)16-4-2-1-3-5-16)11-10-18(17)23(20)31-22(33)13-15-6-8-19(21(27)12-15)25(28,29)30/h1-9,12H,10-11,13-14H2,(H,31,33). The molecule has 1 N–H and O–H groups in total. The highest BCUT2D eigenvalue weighted by Gasteiger charge is 2.34. The molecule has 0 aromatic heterocycles. The number of amides is 2. The van der Waals surface area contributed by atoms with Crippen molar-refractivity contribution in [2.24, 2.45) is 0 Å². The van der Waals surface area contributed by atoms with Gasteiger partial charge >= 0.3 is 6.18 Å². The van der Waals surface area contributed by atoms with Crippen LogP contribution in [0.15, 0.2) is 60.7 Å². The average Bonchev–Trinajstić information content (AvgIpc) is 2.80. The van der Waals surface area contributed by atoms with Crippen molar-refractivity contribution in [2.75, 3.05) is 11.9 Å². The number of rotatable bonds is 4. The summed E-state index contributed by atoms with van der Waals surface area (Å²) < 4.78 is 52.1. The molecule has 0 bridgehead atoms. The summed E-state index contributed by atoms with van der Waals surface area (Å²) in [6.45, 7) is 0.765. The Bertz CT molecular complexity index is 1250. The van der Waals surface area contributed by atoms with Crippen molar-refractivity contribution < 1.29 is 27.2 Å². The average molecular weight is 491 g/mol. The van der Waals surface area contributed by atoms with Crippen LogP contribution < -0.4 is 5.32 Å². The van der Waals surface area contributed by atoms with Crippen molar-refractivity contribution in [1.29, 1.82) is 0 Å². The van der Waals surface area contributed by atoms with Gasteiger partial charge in [0.05, 0.1) is 22.7 Å². The quantitative estimate of drug-likeness (QED) is 0.464. The molecular formula is C25H19ClF4N2O2. The second-order valence-electron chi connectivity index (χ2n) is 7.94. The van der Waals surface area contributed by atoms with Crippen LogP contribution in [-0.4, -0.2) is 23.3 Å². The number of nitrogens with one attached hydrogen (secondary N) is 1. The van der Waals surface area contributed by atoms with E-state index >= 15 is 0 Å². The highest BCUT2D eigenvalue weighted by Crippen LogP contribution is 2.34. The van der Waals surface area contributed by atoms with Gasteiger partial charge in [0.1, 0.15) is 5.82 Å². The van der Waals surface area contributed by atoms with E-state index in [-0.39, 0.29) is 17.9 Å². The third kappa shape index (κ3) is 5.07. The first kappa shape index (κ1) is 23.8. The monoisotopic (exact) mass is 490 g/mol. The number of fused-ring (bicyclic) bond motifs is 1. The summed E-state index contributed by atoms with van der Waals surface area (Å²) in [6, 6.07) is 14.7. The van der Waals surface area contributed by atoms with Crippen molar-refractivity contribution in [2.45, 2.75) is 25.6 Å². The molecule has 176 valence electrons. The van der Waals surface area contributed by atoms with Crippen LogP contribution in [0.1, 0.15) is 32.6 Å². The van der Waals surface area contributed by atoms with Gasteiger partial charge in [-0.25, -0.2) is 4.39 Å². The Balaban J connectivity index is 1.49. The first-order chi connectivity index (χ1) is 16.1. The maximum Gasteiger partial charge on any atom is 0.419 e. The van der Waals surface area contributed by atoms with E-state index in [2.05, 4.69) is 5.32 Å². The number of halogens is 5. The molecule has 0 radical (unpaired) electrons. The minimum Gasteiger partial charge on any atom is -0.334 e. The molecule has 2 amide bonds. The topological polar surface area (TPSA) is 49.4 Å². The number of anilines is 1. The Hall–Kier alpha value is -3.39. The van der Waals surface area contributed by atoms with Crippen LogP contribution in [0.3, 0.4) is 0 Å². The van der Waals surface area contributed by atoms with Crippen LogP contribution in [0.4, 0.5) is 23.2 Å². The minimum absolute atomic E-state index is 0.101. The largest absolute Gasteiger partial charge is 0.419 e. The highest BCUT2D eigenvalue weighted by molar-refractivity contribution is 6.34. The molecule has 0 aliphatic carbocycles. The lowest BCUT2D eigenvalue weighted by atomic mass is 9.96. The molecule has 1 heterocycles. The summed E-state index contributed by atoms with van der Waals surface area (Å²) in [7, 11) is 0. The van der Waals surface area contributed by atoms with Gasteiger partial charge in [0.25, 0.3) is 5.91 Å². The molecule has 1 aliphatic rings. The van der Waals surface area contributed by atoms with Crippen LogP contribution in [0, 0.1) is 5.82 Å². The highest BCUT2D eigenvalue weighted by atomic mass is 35.5. The van der Waals surface area contributed by atoms with Gasteiger partial charge in [-0.05, 0) is 53.4 Å². The van der Waals surface area contributed by atoms with Gasteiger partial charge in [-0.15, -0.1) is 0 Å². The van der Waals surface area contributed by atoms with Crippen molar-refractivity contribution in [3.8, 4) is 0 Å². The molecule has 0 atom stereocenters. The van der Waals surface area contributed by atoms with Crippen LogP contribution >= 0.6 is 11.6 Å². The van der Waals surface area contributed by atoms with Crippen LogP contribution in [0.2, 0.25) is 5.02 Å².